The Bertz CT molecular complexity index is 264. The Labute approximate surface area is 65.4 Å². The fraction of sp³-hybridized carbons (Fsp3) is 0.429. The summed E-state index contributed by atoms with van der Waals surface area (Å²) >= 11 is 0. The summed E-state index contributed by atoms with van der Waals surface area (Å²) in [6.45, 7) is 2.41. The molecule has 0 aliphatic carbocycles. The van der Waals surface area contributed by atoms with Crippen LogP contribution in [0.4, 0.5) is 0 Å². The number of imidazole rings is 1. The third kappa shape index (κ3) is 2.07. The van der Waals surface area contributed by atoms with Gasteiger partial charge in [-0.05, 0) is 6.92 Å². The highest BCUT2D eigenvalue weighted by atomic mass is 16.4. The molecule has 11 heavy (non-hydrogen) atoms. The number of aromatic nitrogens is 2. The zero-order valence-electron chi connectivity index (χ0n) is 6.73. The van der Waals surface area contributed by atoms with Crippen LogP contribution in [0, 0.1) is 0 Å². The van der Waals surface area contributed by atoms with Crippen LogP contribution in [0.1, 0.15) is 6.92 Å². The maximum absolute atomic E-state index is 8.37. The Balaban J connectivity index is 2.65. The molecule has 0 atom stereocenters. The molecule has 0 unspecified atom stereocenters. The van der Waals surface area contributed by atoms with Gasteiger partial charge >= 0.3 is 0 Å². The summed E-state index contributed by atoms with van der Waals surface area (Å²) in [5, 5.41) is 11.5. The molecule has 0 saturated carbocycles. The molecule has 0 aliphatic heterocycles. The lowest BCUT2D eigenvalue weighted by Gasteiger charge is -1.91. The Hall–Kier alpha value is -1.32. The summed E-state index contributed by atoms with van der Waals surface area (Å²) in [7, 11) is 1.95. The minimum Gasteiger partial charge on any atom is -0.411 e. The van der Waals surface area contributed by atoms with Gasteiger partial charge in [-0.3, -0.25) is 0 Å². The molecular weight excluding hydrogens is 142 g/mol. The van der Waals surface area contributed by atoms with Gasteiger partial charge in [0.25, 0.3) is 0 Å². The Kier molecular flexibility index (Phi) is 2.25. The zero-order chi connectivity index (χ0) is 8.27. The summed E-state index contributed by atoms with van der Waals surface area (Å²) < 4.78 is 3.87. The van der Waals surface area contributed by atoms with E-state index in [2.05, 4.69) is 5.16 Å². The molecule has 0 fully saturated rings. The average molecular weight is 154 g/mol. The lowest BCUT2D eigenvalue weighted by atomic mass is 10.4. The van der Waals surface area contributed by atoms with E-state index in [4.69, 9.17) is 5.21 Å². The van der Waals surface area contributed by atoms with Crippen molar-refractivity contribution in [3.05, 3.63) is 18.7 Å². The van der Waals surface area contributed by atoms with Gasteiger partial charge in [0.1, 0.15) is 18.9 Å². The van der Waals surface area contributed by atoms with Crippen molar-refractivity contribution in [1.29, 1.82) is 0 Å². The maximum Gasteiger partial charge on any atom is 0.243 e. The molecule has 0 bridgehead atoms. The zero-order valence-corrected chi connectivity index (χ0v) is 6.73. The first-order chi connectivity index (χ1) is 5.22. The fourth-order valence-electron chi connectivity index (χ4n) is 0.891. The largest absolute Gasteiger partial charge is 0.411 e. The second-order valence-electron chi connectivity index (χ2n) is 2.59. The second kappa shape index (κ2) is 3.18. The monoisotopic (exact) mass is 154 g/mol. The molecule has 60 valence electrons. The molecule has 1 aromatic rings. The van der Waals surface area contributed by atoms with Gasteiger partial charge in [0.05, 0.1) is 12.8 Å². The molecule has 1 aromatic heterocycles. The van der Waals surface area contributed by atoms with E-state index in [0.29, 0.717) is 12.3 Å². The Morgan fingerprint density at radius 3 is 2.91 bits per heavy atom. The molecule has 0 aliphatic rings. The van der Waals surface area contributed by atoms with Crippen molar-refractivity contribution in [2.75, 3.05) is 0 Å². The van der Waals surface area contributed by atoms with Crippen molar-refractivity contribution in [2.45, 2.75) is 13.5 Å². The van der Waals surface area contributed by atoms with Gasteiger partial charge in [-0.15, -0.1) is 0 Å². The summed E-state index contributed by atoms with van der Waals surface area (Å²) in [6.07, 6.45) is 5.79. The first-order valence-corrected chi connectivity index (χ1v) is 3.41. The SMILES string of the molecule is C/C(Cn1cc[n+](C)c1)=N/O. The molecule has 0 saturated heterocycles. The number of rotatable bonds is 2. The molecule has 0 aromatic carbocycles. The van der Waals surface area contributed by atoms with Crippen molar-refractivity contribution < 1.29 is 9.77 Å². The van der Waals surface area contributed by atoms with E-state index in [1.807, 2.05) is 34.9 Å². The Morgan fingerprint density at radius 1 is 1.73 bits per heavy atom. The topological polar surface area (TPSA) is 41.4 Å². The van der Waals surface area contributed by atoms with Gasteiger partial charge in [0, 0.05) is 0 Å². The molecule has 1 heterocycles. The lowest BCUT2D eigenvalue weighted by Crippen LogP contribution is -2.24. The van der Waals surface area contributed by atoms with E-state index < -0.39 is 0 Å². The Morgan fingerprint density at radius 2 is 2.45 bits per heavy atom. The highest BCUT2D eigenvalue weighted by molar-refractivity contribution is 5.80. The van der Waals surface area contributed by atoms with E-state index in [1.54, 1.807) is 6.92 Å². The van der Waals surface area contributed by atoms with Crippen LogP contribution in [0.5, 0.6) is 0 Å². The van der Waals surface area contributed by atoms with Crippen LogP contribution in [-0.2, 0) is 13.6 Å². The first kappa shape index (κ1) is 7.78. The molecule has 4 heteroatoms. The van der Waals surface area contributed by atoms with Crippen LogP contribution in [0.3, 0.4) is 0 Å². The number of nitrogens with zero attached hydrogens (tertiary/aromatic N) is 3. The van der Waals surface area contributed by atoms with Gasteiger partial charge in [0.15, 0.2) is 0 Å². The minimum atomic E-state index is 0.636. The van der Waals surface area contributed by atoms with E-state index in [1.165, 1.54) is 0 Å². The van der Waals surface area contributed by atoms with E-state index >= 15 is 0 Å². The van der Waals surface area contributed by atoms with Crippen LogP contribution >= 0.6 is 0 Å². The maximum atomic E-state index is 8.37. The van der Waals surface area contributed by atoms with E-state index in [0.717, 1.165) is 0 Å². The van der Waals surface area contributed by atoms with Gasteiger partial charge in [-0.1, -0.05) is 5.16 Å². The smallest absolute Gasteiger partial charge is 0.243 e. The quantitative estimate of drug-likeness (QED) is 0.280. The molecule has 0 spiro atoms. The van der Waals surface area contributed by atoms with E-state index in [-0.39, 0.29) is 0 Å². The molecule has 1 N–H and O–H groups in total. The van der Waals surface area contributed by atoms with Crippen LogP contribution < -0.4 is 4.57 Å². The third-order valence-corrected chi connectivity index (χ3v) is 1.41. The summed E-state index contributed by atoms with van der Waals surface area (Å²) in [4.78, 5) is 0. The number of hydrogen-bond donors (Lipinski definition) is 1. The van der Waals surface area contributed by atoms with Crippen molar-refractivity contribution in [3.8, 4) is 0 Å². The van der Waals surface area contributed by atoms with Crippen LogP contribution in [0.2, 0.25) is 0 Å². The van der Waals surface area contributed by atoms with Crippen LogP contribution in [0.15, 0.2) is 23.9 Å². The highest BCUT2D eigenvalue weighted by Crippen LogP contribution is 1.85. The molecule has 1 rings (SSSR count). The van der Waals surface area contributed by atoms with Crippen molar-refractivity contribution >= 4 is 5.71 Å². The van der Waals surface area contributed by atoms with Crippen molar-refractivity contribution in [3.63, 3.8) is 0 Å². The summed E-state index contributed by atoms with van der Waals surface area (Å²) in [6, 6.07) is 0. The van der Waals surface area contributed by atoms with Crippen LogP contribution in [0.25, 0.3) is 0 Å². The fourth-order valence-corrected chi connectivity index (χ4v) is 0.891. The average Bonchev–Trinajstić information content (AvgIpc) is 2.35. The summed E-state index contributed by atoms with van der Waals surface area (Å²) in [5.41, 5.74) is 0.696. The summed E-state index contributed by atoms with van der Waals surface area (Å²) in [5.74, 6) is 0. The number of hydrogen-bond acceptors (Lipinski definition) is 2. The highest BCUT2D eigenvalue weighted by Gasteiger charge is 2.00. The third-order valence-electron chi connectivity index (χ3n) is 1.41. The van der Waals surface area contributed by atoms with Crippen LogP contribution in [-0.4, -0.2) is 15.5 Å². The number of oxime groups is 1. The first-order valence-electron chi connectivity index (χ1n) is 3.41. The molecule has 4 nitrogen and oxygen atoms in total. The van der Waals surface area contributed by atoms with Gasteiger partial charge in [-0.2, -0.15) is 0 Å². The number of aryl methyl sites for hydroxylation is 1. The predicted octanol–water partition coefficient (Wildman–Crippen LogP) is 0.163. The molecular formula is C7H12N3O+. The van der Waals surface area contributed by atoms with Gasteiger partial charge in [-0.25, -0.2) is 9.13 Å². The molecule has 0 radical (unpaired) electrons. The second-order valence-corrected chi connectivity index (χ2v) is 2.59. The molecule has 0 amide bonds. The minimum absolute atomic E-state index is 0.636. The van der Waals surface area contributed by atoms with Gasteiger partial charge < -0.3 is 5.21 Å². The predicted molar refractivity (Wildman–Crippen MR) is 40.5 cm³/mol. The van der Waals surface area contributed by atoms with Crippen molar-refractivity contribution in [2.24, 2.45) is 12.2 Å². The van der Waals surface area contributed by atoms with E-state index in [9.17, 15) is 0 Å². The lowest BCUT2D eigenvalue weighted by molar-refractivity contribution is -0.671. The van der Waals surface area contributed by atoms with Gasteiger partial charge in [0.2, 0.25) is 6.33 Å². The van der Waals surface area contributed by atoms with Crippen molar-refractivity contribution in [1.82, 2.24) is 4.57 Å². The normalized spacial score (nSPS) is 12.0. The standard InChI is InChI=1S/C7H11N3O/c1-7(8-11)5-10-4-3-9(2)6-10/h3-4,6H,5H2,1-2H3/p+1/b8-7-.